The van der Waals surface area contributed by atoms with Crippen molar-refractivity contribution in [2.24, 2.45) is 16.8 Å². The molecule has 2 atom stereocenters. The van der Waals surface area contributed by atoms with Crippen molar-refractivity contribution >= 4 is 41.0 Å². The van der Waals surface area contributed by atoms with Crippen molar-refractivity contribution in [2.75, 3.05) is 12.0 Å². The molecule has 3 aliphatic carbocycles. The molecule has 1 saturated heterocycles. The van der Waals surface area contributed by atoms with Gasteiger partial charge in [-0.15, -0.1) is 0 Å². The van der Waals surface area contributed by atoms with Gasteiger partial charge in [-0.05, 0) is 46.5 Å². The minimum absolute atomic E-state index is 0.225. The van der Waals surface area contributed by atoms with Gasteiger partial charge >= 0.3 is 0 Å². The highest BCUT2D eigenvalue weighted by Crippen LogP contribution is 2.64. The molecular formula is C32H23ClN2O3. The number of para-hydroxylation sites is 3. The molecule has 186 valence electrons. The van der Waals surface area contributed by atoms with Gasteiger partial charge in [-0.3, -0.25) is 14.6 Å². The number of halogens is 1. The van der Waals surface area contributed by atoms with Gasteiger partial charge in [0.25, 0.3) is 0 Å². The van der Waals surface area contributed by atoms with Gasteiger partial charge in [0.15, 0.2) is 0 Å². The fourth-order valence-corrected chi connectivity index (χ4v) is 7.05. The first-order valence-electron chi connectivity index (χ1n) is 12.6. The molecule has 0 N–H and O–H groups in total. The zero-order valence-corrected chi connectivity index (χ0v) is 21.3. The zero-order valence-electron chi connectivity index (χ0n) is 20.5. The fourth-order valence-electron chi connectivity index (χ4n) is 6.83. The molecule has 1 fully saturated rings. The Morgan fingerprint density at radius 3 is 2.11 bits per heavy atom. The molecule has 0 unspecified atom stereocenters. The van der Waals surface area contributed by atoms with E-state index >= 15 is 0 Å². The van der Waals surface area contributed by atoms with Crippen LogP contribution in [-0.2, 0) is 15.0 Å². The van der Waals surface area contributed by atoms with Gasteiger partial charge in [0.05, 0.1) is 35.1 Å². The summed E-state index contributed by atoms with van der Waals surface area (Å²) in [6.45, 7) is 0. The first kappa shape index (κ1) is 22.9. The van der Waals surface area contributed by atoms with Gasteiger partial charge in [-0.25, -0.2) is 4.90 Å². The second kappa shape index (κ2) is 8.40. The lowest BCUT2D eigenvalue weighted by atomic mass is 9.47. The predicted molar refractivity (Wildman–Crippen MR) is 148 cm³/mol. The molecule has 0 aromatic heterocycles. The van der Waals surface area contributed by atoms with Crippen molar-refractivity contribution < 1.29 is 14.3 Å². The molecule has 4 aliphatic rings. The smallest absolute Gasteiger partial charge is 0.239 e. The second-order valence-corrected chi connectivity index (χ2v) is 10.3. The second-order valence-electron chi connectivity index (χ2n) is 9.92. The van der Waals surface area contributed by atoms with E-state index in [4.69, 9.17) is 21.3 Å². The summed E-state index contributed by atoms with van der Waals surface area (Å²) in [5, 5.41) is 0.368. The lowest BCUT2D eigenvalue weighted by Crippen LogP contribution is -2.54. The first-order valence-corrected chi connectivity index (χ1v) is 12.9. The summed E-state index contributed by atoms with van der Waals surface area (Å²) in [5.74, 6) is -1.33. The highest BCUT2D eigenvalue weighted by atomic mass is 35.5. The topological polar surface area (TPSA) is 59.0 Å². The number of hydrogen-bond donors (Lipinski definition) is 0. The number of aliphatic imine (C=N–C) groups is 1. The summed E-state index contributed by atoms with van der Waals surface area (Å²) in [6.07, 6.45) is 1.87. The monoisotopic (exact) mass is 518 g/mol. The van der Waals surface area contributed by atoms with Gasteiger partial charge in [0, 0.05) is 12.1 Å². The summed E-state index contributed by atoms with van der Waals surface area (Å²) in [4.78, 5) is 34.9. The van der Waals surface area contributed by atoms with Crippen LogP contribution >= 0.6 is 11.6 Å². The Kier molecular flexibility index (Phi) is 5.07. The van der Waals surface area contributed by atoms with Crippen LogP contribution in [0.5, 0.6) is 5.75 Å². The van der Waals surface area contributed by atoms with Gasteiger partial charge in [-0.1, -0.05) is 84.4 Å². The molecule has 8 rings (SSSR count). The summed E-state index contributed by atoms with van der Waals surface area (Å²) >= 11 is 6.52. The SMILES string of the molecule is COc1ccccc1N=CC12c3ccccc3C(c3ccccc31)[C@@H]1C(=O)N(c3ccccc3Cl)C(=O)[C@@H]12. The number of benzene rings is 4. The zero-order chi connectivity index (χ0) is 26.0. The number of methoxy groups -OCH3 is 1. The molecule has 6 heteroatoms. The quantitative estimate of drug-likeness (QED) is 0.235. The van der Waals surface area contributed by atoms with Gasteiger partial charge in [0.2, 0.25) is 11.8 Å². The molecule has 1 heterocycles. The maximum Gasteiger partial charge on any atom is 0.239 e. The first-order chi connectivity index (χ1) is 18.6. The largest absolute Gasteiger partial charge is 0.494 e. The molecule has 5 nitrogen and oxygen atoms in total. The summed E-state index contributed by atoms with van der Waals surface area (Å²) in [7, 11) is 1.61. The Morgan fingerprint density at radius 1 is 0.816 bits per heavy atom. The number of ether oxygens (including phenoxy) is 1. The summed E-state index contributed by atoms with van der Waals surface area (Å²) < 4.78 is 5.56. The number of imide groups is 1. The van der Waals surface area contributed by atoms with Crippen molar-refractivity contribution in [3.05, 3.63) is 124 Å². The highest BCUT2D eigenvalue weighted by molar-refractivity contribution is 6.36. The van der Waals surface area contributed by atoms with Crippen LogP contribution in [0.25, 0.3) is 0 Å². The normalized spacial score (nSPS) is 24.9. The van der Waals surface area contributed by atoms with Crippen molar-refractivity contribution in [2.45, 2.75) is 11.3 Å². The Balaban J connectivity index is 1.52. The van der Waals surface area contributed by atoms with Crippen LogP contribution in [0.3, 0.4) is 0 Å². The van der Waals surface area contributed by atoms with E-state index in [1.165, 1.54) is 4.90 Å². The molecule has 1 aliphatic heterocycles. The van der Waals surface area contributed by atoms with E-state index in [9.17, 15) is 9.59 Å². The number of carbonyl (C=O) groups is 2. The predicted octanol–water partition coefficient (Wildman–Crippen LogP) is 6.30. The Labute approximate surface area is 225 Å². The van der Waals surface area contributed by atoms with Gasteiger partial charge in [0.1, 0.15) is 11.4 Å². The molecule has 2 bridgehead atoms. The van der Waals surface area contributed by atoms with E-state index in [0.717, 1.165) is 22.3 Å². The number of hydrogen-bond acceptors (Lipinski definition) is 4. The number of rotatable bonds is 4. The van der Waals surface area contributed by atoms with Crippen molar-refractivity contribution in [1.82, 2.24) is 0 Å². The minimum Gasteiger partial charge on any atom is -0.494 e. The molecule has 0 saturated carbocycles. The third kappa shape index (κ3) is 2.91. The summed E-state index contributed by atoms with van der Waals surface area (Å²) in [5.41, 5.74) is 4.25. The standard InChI is InChI=1S/C32H23ClN2O3/c1-38-26-17-9-7-15-24(26)34-18-32-21-12-4-2-10-19(21)27(20-11-3-5-13-22(20)32)28-29(32)31(37)35(30(28)36)25-16-8-6-14-23(25)33/h2-18,27-29H,1H3/t27?,28-,29+,32?/m0/s1. The van der Waals surface area contributed by atoms with Crippen LogP contribution in [0.2, 0.25) is 5.02 Å². The van der Waals surface area contributed by atoms with Crippen LogP contribution in [-0.4, -0.2) is 25.1 Å². The minimum atomic E-state index is -0.948. The molecule has 0 spiro atoms. The van der Waals surface area contributed by atoms with Crippen LogP contribution in [0, 0.1) is 11.8 Å². The summed E-state index contributed by atoms with van der Waals surface area (Å²) in [6, 6.07) is 30.8. The Hall–Kier alpha value is -4.22. The number of amides is 2. The van der Waals surface area contributed by atoms with E-state index in [-0.39, 0.29) is 17.7 Å². The number of anilines is 1. The Morgan fingerprint density at radius 2 is 1.42 bits per heavy atom. The van der Waals surface area contributed by atoms with E-state index in [0.29, 0.717) is 22.1 Å². The fraction of sp³-hybridized carbons (Fsp3) is 0.156. The van der Waals surface area contributed by atoms with Crippen LogP contribution in [0.15, 0.2) is 102 Å². The van der Waals surface area contributed by atoms with Gasteiger partial charge in [-0.2, -0.15) is 0 Å². The molecule has 38 heavy (non-hydrogen) atoms. The lowest BCUT2D eigenvalue weighted by molar-refractivity contribution is -0.122. The van der Waals surface area contributed by atoms with Gasteiger partial charge < -0.3 is 4.74 Å². The maximum atomic E-state index is 14.4. The van der Waals surface area contributed by atoms with Crippen LogP contribution in [0.4, 0.5) is 11.4 Å². The third-order valence-electron chi connectivity index (χ3n) is 8.27. The van der Waals surface area contributed by atoms with E-state index in [1.807, 2.05) is 54.7 Å². The average Bonchev–Trinajstić information content (AvgIpc) is 3.23. The number of carbonyl (C=O) groups excluding carboxylic acids is 2. The average molecular weight is 519 g/mol. The molecule has 4 aromatic carbocycles. The van der Waals surface area contributed by atoms with E-state index in [2.05, 4.69) is 24.3 Å². The van der Waals surface area contributed by atoms with Crippen molar-refractivity contribution in [1.29, 1.82) is 0 Å². The van der Waals surface area contributed by atoms with Crippen LogP contribution in [0.1, 0.15) is 28.2 Å². The van der Waals surface area contributed by atoms with Crippen molar-refractivity contribution in [3.63, 3.8) is 0 Å². The molecule has 0 radical (unpaired) electrons. The van der Waals surface area contributed by atoms with Crippen LogP contribution < -0.4 is 9.64 Å². The lowest BCUT2D eigenvalue weighted by Gasteiger charge is -2.52. The molecule has 4 aromatic rings. The Bertz CT molecular complexity index is 1610. The highest BCUT2D eigenvalue weighted by Gasteiger charge is 2.68. The van der Waals surface area contributed by atoms with E-state index < -0.39 is 17.3 Å². The number of nitrogens with zero attached hydrogens (tertiary/aromatic N) is 2. The van der Waals surface area contributed by atoms with E-state index in [1.54, 1.807) is 31.4 Å². The van der Waals surface area contributed by atoms with Crippen molar-refractivity contribution in [3.8, 4) is 5.75 Å². The third-order valence-corrected chi connectivity index (χ3v) is 8.59. The molecular weight excluding hydrogens is 496 g/mol. The molecule has 2 amide bonds. The maximum absolute atomic E-state index is 14.4.